The lowest BCUT2D eigenvalue weighted by Gasteiger charge is -2.36. The van der Waals surface area contributed by atoms with Crippen molar-refractivity contribution < 1.29 is 9.90 Å². The van der Waals surface area contributed by atoms with Crippen molar-refractivity contribution in [2.75, 3.05) is 11.5 Å². The van der Waals surface area contributed by atoms with Crippen LogP contribution in [0.1, 0.15) is 39.0 Å². The molecule has 2 aliphatic rings. The number of nitrogens with one attached hydrogen (secondary N) is 1. The molecule has 0 aromatic rings. The maximum Gasteiger partial charge on any atom is 0.324 e. The summed E-state index contributed by atoms with van der Waals surface area (Å²) in [4.78, 5) is 11.4. The van der Waals surface area contributed by atoms with Gasteiger partial charge in [-0.1, -0.05) is 19.8 Å². The Hall–Kier alpha value is -0.220. The van der Waals surface area contributed by atoms with Gasteiger partial charge in [0.15, 0.2) is 0 Å². The molecule has 0 aromatic carbocycles. The molecule has 92 valence electrons. The highest BCUT2D eigenvalue weighted by molar-refractivity contribution is 7.99. The number of carboxylic acids is 1. The lowest BCUT2D eigenvalue weighted by molar-refractivity contribution is -0.144. The Morgan fingerprint density at radius 1 is 1.44 bits per heavy atom. The second kappa shape index (κ2) is 4.96. The van der Waals surface area contributed by atoms with Gasteiger partial charge in [-0.3, -0.25) is 10.1 Å². The molecule has 1 heterocycles. The van der Waals surface area contributed by atoms with Crippen LogP contribution in [-0.4, -0.2) is 34.2 Å². The summed E-state index contributed by atoms with van der Waals surface area (Å²) in [6.07, 6.45) is 5.69. The van der Waals surface area contributed by atoms with Crippen LogP contribution in [0.25, 0.3) is 0 Å². The van der Waals surface area contributed by atoms with Crippen LogP contribution >= 0.6 is 11.8 Å². The molecule has 0 aromatic heterocycles. The molecule has 3 unspecified atom stereocenters. The molecule has 2 fully saturated rings. The standard InChI is InChI=1S/C12H21NO2S/c1-9-4-2-3-5-10(9)13-12(11(14)15)6-7-16-8-12/h9-10,13H,2-8H2,1H3,(H,14,15). The molecule has 16 heavy (non-hydrogen) atoms. The predicted molar refractivity (Wildman–Crippen MR) is 66.9 cm³/mol. The fourth-order valence-electron chi connectivity index (χ4n) is 2.79. The Balaban J connectivity index is 2.02. The third-order valence-electron chi connectivity index (χ3n) is 4.00. The quantitative estimate of drug-likeness (QED) is 0.797. The van der Waals surface area contributed by atoms with Crippen molar-refractivity contribution in [3.05, 3.63) is 0 Å². The third kappa shape index (κ3) is 2.38. The zero-order valence-electron chi connectivity index (χ0n) is 9.87. The molecule has 3 atom stereocenters. The fourth-order valence-corrected chi connectivity index (χ4v) is 4.13. The molecule has 0 amide bonds. The zero-order valence-corrected chi connectivity index (χ0v) is 10.7. The Morgan fingerprint density at radius 2 is 2.19 bits per heavy atom. The van der Waals surface area contributed by atoms with E-state index >= 15 is 0 Å². The number of rotatable bonds is 3. The Labute approximate surface area is 101 Å². The number of carboxylic acid groups (broad SMARTS) is 1. The van der Waals surface area contributed by atoms with Crippen molar-refractivity contribution in [2.45, 2.75) is 50.6 Å². The highest BCUT2D eigenvalue weighted by Gasteiger charge is 2.44. The van der Waals surface area contributed by atoms with Crippen LogP contribution in [0.5, 0.6) is 0 Å². The third-order valence-corrected chi connectivity index (χ3v) is 5.19. The van der Waals surface area contributed by atoms with E-state index in [2.05, 4.69) is 12.2 Å². The lowest BCUT2D eigenvalue weighted by Crippen LogP contribution is -2.58. The molecule has 0 radical (unpaired) electrons. The maximum absolute atomic E-state index is 11.4. The SMILES string of the molecule is CC1CCCCC1NC1(C(=O)O)CCSC1. The topological polar surface area (TPSA) is 49.3 Å². The normalized spacial score (nSPS) is 39.8. The number of carbonyl (C=O) groups is 1. The van der Waals surface area contributed by atoms with Crippen LogP contribution < -0.4 is 5.32 Å². The summed E-state index contributed by atoms with van der Waals surface area (Å²) >= 11 is 1.76. The van der Waals surface area contributed by atoms with Gasteiger partial charge in [0.25, 0.3) is 0 Å². The first-order chi connectivity index (χ1) is 7.64. The van der Waals surface area contributed by atoms with Gasteiger partial charge in [0.1, 0.15) is 5.54 Å². The van der Waals surface area contributed by atoms with Crippen molar-refractivity contribution in [3.63, 3.8) is 0 Å². The van der Waals surface area contributed by atoms with Crippen LogP contribution in [0.3, 0.4) is 0 Å². The van der Waals surface area contributed by atoms with E-state index in [-0.39, 0.29) is 0 Å². The molecule has 3 nitrogen and oxygen atoms in total. The Bertz CT molecular complexity index is 264. The van der Waals surface area contributed by atoms with Crippen LogP contribution in [0.15, 0.2) is 0 Å². The van der Waals surface area contributed by atoms with E-state index in [1.807, 2.05) is 0 Å². The average molecular weight is 243 g/mol. The molecular weight excluding hydrogens is 222 g/mol. The average Bonchev–Trinajstić information content (AvgIpc) is 2.71. The first-order valence-electron chi connectivity index (χ1n) is 6.23. The summed E-state index contributed by atoms with van der Waals surface area (Å²) in [6.45, 7) is 2.24. The van der Waals surface area contributed by atoms with Crippen LogP contribution in [-0.2, 0) is 4.79 Å². The van der Waals surface area contributed by atoms with E-state index in [4.69, 9.17) is 0 Å². The smallest absolute Gasteiger partial charge is 0.324 e. The first kappa shape index (κ1) is 12.2. The van der Waals surface area contributed by atoms with Gasteiger partial charge in [-0.05, 0) is 30.9 Å². The van der Waals surface area contributed by atoms with Crippen molar-refractivity contribution >= 4 is 17.7 Å². The molecular formula is C12H21NO2S. The monoisotopic (exact) mass is 243 g/mol. The molecule has 2 N–H and O–H groups in total. The van der Waals surface area contributed by atoms with E-state index in [0.717, 1.165) is 24.3 Å². The number of hydrogen-bond donors (Lipinski definition) is 2. The highest BCUT2D eigenvalue weighted by atomic mass is 32.2. The molecule has 1 aliphatic carbocycles. The summed E-state index contributed by atoms with van der Waals surface area (Å²) in [7, 11) is 0. The zero-order chi connectivity index (χ0) is 11.6. The van der Waals surface area contributed by atoms with Gasteiger partial charge < -0.3 is 5.11 Å². The largest absolute Gasteiger partial charge is 0.480 e. The predicted octanol–water partition coefficient (Wildman–Crippen LogP) is 2.12. The van der Waals surface area contributed by atoms with Crippen LogP contribution in [0, 0.1) is 5.92 Å². The fraction of sp³-hybridized carbons (Fsp3) is 0.917. The molecule has 0 spiro atoms. The van der Waals surface area contributed by atoms with Crippen LogP contribution in [0.4, 0.5) is 0 Å². The highest BCUT2D eigenvalue weighted by Crippen LogP contribution is 2.32. The van der Waals surface area contributed by atoms with E-state index in [1.54, 1.807) is 11.8 Å². The minimum atomic E-state index is -0.657. The molecule has 1 saturated carbocycles. The van der Waals surface area contributed by atoms with Crippen molar-refractivity contribution in [3.8, 4) is 0 Å². The summed E-state index contributed by atoms with van der Waals surface area (Å²) in [5.41, 5.74) is -0.638. The van der Waals surface area contributed by atoms with E-state index in [0.29, 0.717) is 12.0 Å². The first-order valence-corrected chi connectivity index (χ1v) is 7.38. The summed E-state index contributed by atoms with van der Waals surface area (Å²) in [5.74, 6) is 1.66. The van der Waals surface area contributed by atoms with Crippen molar-refractivity contribution in [1.29, 1.82) is 0 Å². The number of thioether (sulfide) groups is 1. The maximum atomic E-state index is 11.4. The van der Waals surface area contributed by atoms with Crippen molar-refractivity contribution in [1.82, 2.24) is 5.32 Å². The Morgan fingerprint density at radius 3 is 2.75 bits per heavy atom. The van der Waals surface area contributed by atoms with Gasteiger partial charge in [0.05, 0.1) is 0 Å². The summed E-state index contributed by atoms with van der Waals surface area (Å²) < 4.78 is 0. The minimum Gasteiger partial charge on any atom is -0.480 e. The number of hydrogen-bond acceptors (Lipinski definition) is 3. The second-order valence-corrected chi connectivity index (χ2v) is 6.31. The van der Waals surface area contributed by atoms with Gasteiger partial charge in [-0.15, -0.1) is 0 Å². The lowest BCUT2D eigenvalue weighted by atomic mass is 9.83. The van der Waals surface area contributed by atoms with Gasteiger partial charge in [-0.25, -0.2) is 0 Å². The molecule has 1 aliphatic heterocycles. The van der Waals surface area contributed by atoms with Gasteiger partial charge in [0, 0.05) is 11.8 Å². The minimum absolute atomic E-state index is 0.406. The molecule has 2 rings (SSSR count). The Kier molecular flexibility index (Phi) is 3.80. The molecule has 0 bridgehead atoms. The second-order valence-electron chi connectivity index (χ2n) is 5.20. The van der Waals surface area contributed by atoms with E-state index < -0.39 is 11.5 Å². The van der Waals surface area contributed by atoms with Crippen LogP contribution in [0.2, 0.25) is 0 Å². The van der Waals surface area contributed by atoms with E-state index in [1.165, 1.54) is 19.3 Å². The number of aliphatic carboxylic acids is 1. The van der Waals surface area contributed by atoms with Gasteiger partial charge in [-0.2, -0.15) is 11.8 Å². The summed E-state index contributed by atoms with van der Waals surface area (Å²) in [5, 5.41) is 12.9. The van der Waals surface area contributed by atoms with E-state index in [9.17, 15) is 9.90 Å². The van der Waals surface area contributed by atoms with Gasteiger partial charge >= 0.3 is 5.97 Å². The van der Waals surface area contributed by atoms with Crippen molar-refractivity contribution in [2.24, 2.45) is 5.92 Å². The van der Waals surface area contributed by atoms with Gasteiger partial charge in [0.2, 0.25) is 0 Å². The molecule has 1 saturated heterocycles. The summed E-state index contributed by atoms with van der Waals surface area (Å²) in [6, 6.07) is 0.406. The molecule has 4 heteroatoms.